The largest absolute Gasteiger partial charge is 0.485 e. The maximum atomic E-state index is 11.0. The molecule has 0 amide bonds. The fourth-order valence-electron chi connectivity index (χ4n) is 2.93. The predicted molar refractivity (Wildman–Crippen MR) is 88.2 cm³/mol. The van der Waals surface area contributed by atoms with Crippen LogP contribution in [0, 0.1) is 0 Å². The molecule has 1 aliphatic rings. The molecule has 0 aliphatic heterocycles. The van der Waals surface area contributed by atoms with Crippen LogP contribution in [-0.4, -0.2) is 11.1 Å². The van der Waals surface area contributed by atoms with Gasteiger partial charge in [-0.3, -0.25) is 4.79 Å². The van der Waals surface area contributed by atoms with Crippen molar-refractivity contribution >= 4 is 21.9 Å². The van der Waals surface area contributed by atoms with Crippen LogP contribution < -0.4 is 4.74 Å². The molecule has 0 radical (unpaired) electrons. The molecule has 0 fully saturated rings. The first-order valence-electron chi connectivity index (χ1n) is 7.38. The lowest BCUT2D eigenvalue weighted by molar-refractivity contribution is -0.136. The van der Waals surface area contributed by atoms with E-state index < -0.39 is 5.97 Å². The van der Waals surface area contributed by atoms with E-state index in [9.17, 15) is 4.79 Å². The number of aryl methyl sites for hydroxylation is 1. The lowest BCUT2D eigenvalue weighted by Crippen LogP contribution is -2.16. The van der Waals surface area contributed by atoms with Gasteiger partial charge in [-0.05, 0) is 48.6 Å². The second-order valence-electron chi connectivity index (χ2n) is 5.52. The first-order chi connectivity index (χ1) is 10.6. The summed E-state index contributed by atoms with van der Waals surface area (Å²) in [6, 6.07) is 13.7. The number of para-hydroxylation sites is 1. The molecule has 0 spiro atoms. The molecule has 0 saturated heterocycles. The van der Waals surface area contributed by atoms with Crippen LogP contribution in [0.2, 0.25) is 0 Å². The zero-order valence-electron chi connectivity index (χ0n) is 12.1. The highest BCUT2D eigenvalue weighted by Crippen LogP contribution is 2.36. The molecule has 0 aromatic heterocycles. The summed E-state index contributed by atoms with van der Waals surface area (Å²) in [4.78, 5) is 11.0. The monoisotopic (exact) mass is 360 g/mol. The summed E-state index contributed by atoms with van der Waals surface area (Å²) in [5.74, 6) is -0.175. The Balaban J connectivity index is 1.89. The second kappa shape index (κ2) is 6.53. The highest BCUT2D eigenvalue weighted by Gasteiger charge is 2.23. The van der Waals surface area contributed by atoms with E-state index in [4.69, 9.17) is 9.84 Å². The van der Waals surface area contributed by atoms with E-state index >= 15 is 0 Å². The minimum Gasteiger partial charge on any atom is -0.485 e. The van der Waals surface area contributed by atoms with Gasteiger partial charge in [0.05, 0.1) is 6.42 Å². The van der Waals surface area contributed by atoms with Gasteiger partial charge in [-0.25, -0.2) is 0 Å². The molecule has 4 heteroatoms. The van der Waals surface area contributed by atoms with Crippen LogP contribution in [0.5, 0.6) is 5.75 Å². The van der Waals surface area contributed by atoms with Gasteiger partial charge in [0.1, 0.15) is 11.9 Å². The molecule has 0 saturated carbocycles. The third kappa shape index (κ3) is 3.33. The van der Waals surface area contributed by atoms with Gasteiger partial charge in [0.25, 0.3) is 0 Å². The molecule has 22 heavy (non-hydrogen) atoms. The van der Waals surface area contributed by atoms with Crippen molar-refractivity contribution in [3.63, 3.8) is 0 Å². The summed E-state index contributed by atoms with van der Waals surface area (Å²) < 4.78 is 7.23. The van der Waals surface area contributed by atoms with Crippen LogP contribution in [0.25, 0.3) is 0 Å². The molecule has 114 valence electrons. The summed E-state index contributed by atoms with van der Waals surface area (Å²) in [6.07, 6.45) is 3.06. The van der Waals surface area contributed by atoms with Gasteiger partial charge in [0.15, 0.2) is 0 Å². The molecular weight excluding hydrogens is 344 g/mol. The molecule has 3 rings (SSSR count). The molecule has 0 bridgehead atoms. The lowest BCUT2D eigenvalue weighted by Gasteiger charge is -2.27. The molecule has 1 aliphatic carbocycles. The van der Waals surface area contributed by atoms with Crippen LogP contribution in [0.3, 0.4) is 0 Å². The molecule has 1 N–H and O–H groups in total. The molecule has 2 aromatic carbocycles. The first kappa shape index (κ1) is 15.1. The zero-order chi connectivity index (χ0) is 15.5. The van der Waals surface area contributed by atoms with Gasteiger partial charge in [-0.1, -0.05) is 40.2 Å². The zero-order valence-corrected chi connectivity index (χ0v) is 13.7. The highest BCUT2D eigenvalue weighted by molar-refractivity contribution is 9.10. The van der Waals surface area contributed by atoms with Crippen molar-refractivity contribution in [3.05, 3.63) is 63.6 Å². The van der Waals surface area contributed by atoms with E-state index in [1.54, 1.807) is 0 Å². The average Bonchev–Trinajstić information content (AvgIpc) is 2.49. The summed E-state index contributed by atoms with van der Waals surface area (Å²) in [5, 5.41) is 9.03. The number of carbonyl (C=O) groups is 1. The Labute approximate surface area is 138 Å². The Bertz CT molecular complexity index is 696. The fraction of sp³-hybridized carbons (Fsp3) is 0.278. The number of fused-ring (bicyclic) bond motifs is 1. The number of benzene rings is 2. The van der Waals surface area contributed by atoms with Crippen molar-refractivity contribution in [2.75, 3.05) is 0 Å². The summed E-state index contributed by atoms with van der Waals surface area (Å²) in [5.41, 5.74) is 3.23. The van der Waals surface area contributed by atoms with Crippen molar-refractivity contribution in [2.24, 2.45) is 0 Å². The molecule has 2 aromatic rings. The molecular formula is C18H17BrO3. The molecule has 3 nitrogen and oxygen atoms in total. The number of aliphatic carboxylic acids is 1. The van der Waals surface area contributed by atoms with E-state index in [2.05, 4.69) is 34.1 Å². The van der Waals surface area contributed by atoms with Gasteiger partial charge in [-0.15, -0.1) is 0 Å². The van der Waals surface area contributed by atoms with E-state index in [-0.39, 0.29) is 12.5 Å². The van der Waals surface area contributed by atoms with Crippen molar-refractivity contribution in [2.45, 2.75) is 31.8 Å². The number of ether oxygens (including phenoxy) is 1. The minimum atomic E-state index is -0.845. The Hall–Kier alpha value is -1.81. The minimum absolute atomic E-state index is 0.0174. The van der Waals surface area contributed by atoms with Gasteiger partial charge in [0.2, 0.25) is 0 Å². The third-order valence-corrected chi connectivity index (χ3v) is 4.44. The van der Waals surface area contributed by atoms with Crippen molar-refractivity contribution in [1.29, 1.82) is 0 Å². The topological polar surface area (TPSA) is 46.5 Å². The lowest BCUT2D eigenvalue weighted by atomic mass is 9.89. The second-order valence-corrected chi connectivity index (χ2v) is 6.44. The summed E-state index contributed by atoms with van der Waals surface area (Å²) in [7, 11) is 0. The Morgan fingerprint density at radius 2 is 2.09 bits per heavy atom. The maximum Gasteiger partial charge on any atom is 0.307 e. The number of hydrogen-bond acceptors (Lipinski definition) is 2. The molecule has 1 unspecified atom stereocenters. The SMILES string of the molecule is O=C(O)Cc1ccccc1OC1CCCc2ccc(Br)cc21. The standard InChI is InChI=1S/C18H17BrO3/c19-14-9-8-12-5-3-7-17(15(12)11-14)22-16-6-2-1-4-13(16)10-18(20)21/h1-2,4,6,8-9,11,17H,3,5,7,10H2,(H,20,21). The number of hydrogen-bond donors (Lipinski definition) is 1. The first-order valence-corrected chi connectivity index (χ1v) is 8.17. The molecule has 0 heterocycles. The predicted octanol–water partition coefficient (Wildman–Crippen LogP) is 4.53. The van der Waals surface area contributed by atoms with Crippen LogP contribution in [0.4, 0.5) is 0 Å². The Morgan fingerprint density at radius 3 is 2.91 bits per heavy atom. The van der Waals surface area contributed by atoms with E-state index in [1.807, 2.05) is 24.3 Å². The number of rotatable bonds is 4. The summed E-state index contributed by atoms with van der Waals surface area (Å²) in [6.45, 7) is 0. The quantitative estimate of drug-likeness (QED) is 0.870. The number of halogens is 1. The van der Waals surface area contributed by atoms with E-state index in [1.165, 1.54) is 11.1 Å². The third-order valence-electron chi connectivity index (χ3n) is 3.95. The normalized spacial score (nSPS) is 16.9. The Kier molecular flexibility index (Phi) is 4.48. The van der Waals surface area contributed by atoms with Gasteiger partial charge in [-0.2, -0.15) is 0 Å². The highest BCUT2D eigenvalue weighted by atomic mass is 79.9. The number of carboxylic acids is 1. The van der Waals surface area contributed by atoms with Gasteiger partial charge in [0, 0.05) is 10.0 Å². The molecule has 1 atom stereocenters. The van der Waals surface area contributed by atoms with Crippen LogP contribution >= 0.6 is 15.9 Å². The van der Waals surface area contributed by atoms with Crippen molar-refractivity contribution < 1.29 is 14.6 Å². The van der Waals surface area contributed by atoms with E-state index in [0.717, 1.165) is 29.3 Å². The smallest absolute Gasteiger partial charge is 0.307 e. The van der Waals surface area contributed by atoms with Crippen LogP contribution in [0.1, 0.15) is 35.6 Å². The van der Waals surface area contributed by atoms with Gasteiger partial charge < -0.3 is 9.84 Å². The average molecular weight is 361 g/mol. The van der Waals surface area contributed by atoms with Crippen molar-refractivity contribution in [3.8, 4) is 5.75 Å². The van der Waals surface area contributed by atoms with Crippen LogP contribution in [-0.2, 0) is 17.6 Å². The van der Waals surface area contributed by atoms with Crippen molar-refractivity contribution in [1.82, 2.24) is 0 Å². The maximum absolute atomic E-state index is 11.0. The van der Waals surface area contributed by atoms with Crippen LogP contribution in [0.15, 0.2) is 46.9 Å². The van der Waals surface area contributed by atoms with Gasteiger partial charge >= 0.3 is 5.97 Å². The fourth-order valence-corrected chi connectivity index (χ4v) is 3.31. The summed E-state index contributed by atoms with van der Waals surface area (Å²) >= 11 is 3.52. The van der Waals surface area contributed by atoms with E-state index in [0.29, 0.717) is 5.75 Å². The number of carboxylic acid groups (broad SMARTS) is 1. The Morgan fingerprint density at radius 1 is 1.27 bits per heavy atom.